The molecule has 3 heterocycles. The van der Waals surface area contributed by atoms with Crippen molar-refractivity contribution in [2.75, 3.05) is 17.2 Å². The monoisotopic (exact) mass is 581 g/mol. The number of aryl methyl sites for hydroxylation is 1. The highest BCUT2D eigenvalue weighted by Gasteiger charge is 2.49. The van der Waals surface area contributed by atoms with Crippen LogP contribution in [0.2, 0.25) is 0 Å². The van der Waals surface area contributed by atoms with Crippen LogP contribution in [0.25, 0.3) is 11.8 Å². The molecule has 3 aromatic carbocycles. The summed E-state index contributed by atoms with van der Waals surface area (Å²) in [7, 11) is 0. The highest BCUT2D eigenvalue weighted by atomic mass is 19.1. The van der Waals surface area contributed by atoms with Crippen molar-refractivity contribution in [2.24, 2.45) is 0 Å². The first-order valence-electron chi connectivity index (χ1n) is 13.8. The van der Waals surface area contributed by atoms with Crippen LogP contribution in [0, 0.1) is 18.6 Å². The third-order valence-electron chi connectivity index (χ3n) is 8.16. The van der Waals surface area contributed by atoms with Crippen LogP contribution in [0.5, 0.6) is 11.5 Å². The second kappa shape index (κ2) is 9.90. The maximum absolute atomic E-state index is 15.2. The Morgan fingerprint density at radius 3 is 2.63 bits per heavy atom. The van der Waals surface area contributed by atoms with Crippen molar-refractivity contribution in [1.29, 1.82) is 0 Å². The summed E-state index contributed by atoms with van der Waals surface area (Å²) in [6, 6.07) is 12.8. The van der Waals surface area contributed by atoms with E-state index in [0.717, 1.165) is 16.9 Å². The minimum absolute atomic E-state index is 0.0953. The van der Waals surface area contributed by atoms with E-state index in [0.29, 0.717) is 41.1 Å². The molecule has 2 saturated heterocycles. The lowest BCUT2D eigenvalue weighted by Gasteiger charge is -2.17. The largest absolute Gasteiger partial charge is 0.454 e. The van der Waals surface area contributed by atoms with Gasteiger partial charge in [-0.2, -0.15) is 5.10 Å². The average molecular weight is 582 g/mol. The van der Waals surface area contributed by atoms with E-state index in [2.05, 4.69) is 5.10 Å². The minimum Gasteiger partial charge on any atom is -0.454 e. The van der Waals surface area contributed by atoms with Crippen LogP contribution in [0.3, 0.4) is 0 Å². The first-order chi connectivity index (χ1) is 20.7. The van der Waals surface area contributed by atoms with Gasteiger partial charge in [-0.3, -0.25) is 9.59 Å². The summed E-state index contributed by atoms with van der Waals surface area (Å²) >= 11 is 0. The molecule has 43 heavy (non-hydrogen) atoms. The van der Waals surface area contributed by atoms with Gasteiger partial charge in [0, 0.05) is 18.5 Å². The average Bonchev–Trinajstić information content (AvgIpc) is 3.76. The highest BCUT2D eigenvalue weighted by molar-refractivity contribution is 6.22. The number of amides is 3. The van der Waals surface area contributed by atoms with E-state index >= 15 is 4.39 Å². The summed E-state index contributed by atoms with van der Waals surface area (Å²) in [4.78, 5) is 41.7. The number of ketones is 1. The second-order valence-corrected chi connectivity index (χ2v) is 10.8. The number of fused-ring (bicyclic) bond motifs is 2. The third kappa shape index (κ3) is 4.27. The first kappa shape index (κ1) is 26.6. The van der Waals surface area contributed by atoms with Crippen molar-refractivity contribution >= 4 is 35.3 Å². The van der Waals surface area contributed by atoms with E-state index in [1.54, 1.807) is 36.4 Å². The first-order valence-corrected chi connectivity index (χ1v) is 13.8. The number of urea groups is 1. The number of aromatic nitrogens is 2. The van der Waals surface area contributed by atoms with Crippen LogP contribution >= 0.6 is 0 Å². The van der Waals surface area contributed by atoms with E-state index in [4.69, 9.17) is 10.5 Å². The molecule has 4 aromatic rings. The van der Waals surface area contributed by atoms with E-state index in [1.807, 2.05) is 6.92 Å². The van der Waals surface area contributed by atoms with Crippen LogP contribution in [0.4, 0.5) is 25.1 Å². The Morgan fingerprint density at radius 1 is 1.05 bits per heavy atom. The number of benzene rings is 3. The Labute approximate surface area is 244 Å². The number of Topliss-reactive ketones (excluding diaryl/α,β-unsaturated/α-hetero) is 1. The van der Waals surface area contributed by atoms with Gasteiger partial charge in [0.05, 0.1) is 23.1 Å². The van der Waals surface area contributed by atoms with Crippen molar-refractivity contribution < 1.29 is 27.9 Å². The van der Waals surface area contributed by atoms with Gasteiger partial charge in [0.15, 0.2) is 17.3 Å². The maximum atomic E-state index is 15.2. The lowest BCUT2D eigenvalue weighted by atomic mass is 10.0. The summed E-state index contributed by atoms with van der Waals surface area (Å²) < 4.78 is 36.3. The molecule has 9 nitrogen and oxygen atoms in total. The van der Waals surface area contributed by atoms with Crippen LogP contribution in [0.1, 0.15) is 39.9 Å². The molecule has 0 saturated carbocycles. The number of hydrogen-bond acceptors (Lipinski definition) is 6. The number of para-hydroxylation sites is 1. The topological polar surface area (TPSA) is 111 Å². The zero-order valence-corrected chi connectivity index (χ0v) is 23.0. The Morgan fingerprint density at radius 2 is 1.86 bits per heavy atom. The number of imide groups is 1. The molecule has 1 aliphatic carbocycles. The number of anilines is 2. The number of carbonyl (C=O) groups excluding carboxylic acids is 3. The lowest BCUT2D eigenvalue weighted by Crippen LogP contribution is -2.33. The summed E-state index contributed by atoms with van der Waals surface area (Å²) in [5.41, 5.74) is 9.30. The van der Waals surface area contributed by atoms with Gasteiger partial charge in [-0.05, 0) is 85.0 Å². The number of rotatable bonds is 6. The van der Waals surface area contributed by atoms with E-state index in [-0.39, 0.29) is 35.0 Å². The Kier molecular flexibility index (Phi) is 6.12. The smallest absolute Gasteiger partial charge is 0.332 e. The number of nitrogens with zero attached hydrogens (tertiary/aromatic N) is 4. The molecule has 3 aliphatic rings. The molecule has 2 aliphatic heterocycles. The quantitative estimate of drug-likeness (QED) is 0.235. The molecule has 7 rings (SSSR count). The van der Waals surface area contributed by atoms with Crippen molar-refractivity contribution in [3.63, 3.8) is 0 Å². The fraction of sp³-hybridized carbons (Fsp3) is 0.188. The lowest BCUT2D eigenvalue weighted by molar-refractivity contribution is -0.119. The summed E-state index contributed by atoms with van der Waals surface area (Å²) in [5, 5.41) is 4.34. The van der Waals surface area contributed by atoms with Crippen molar-refractivity contribution in [3.05, 3.63) is 100 Å². The van der Waals surface area contributed by atoms with Gasteiger partial charge in [0.2, 0.25) is 0 Å². The number of nitrogens with two attached hydrogens (primary N) is 1. The molecule has 2 N–H and O–H groups in total. The number of allylic oxidation sites excluding steroid dienone is 1. The molecule has 216 valence electrons. The molecule has 0 unspecified atom stereocenters. The van der Waals surface area contributed by atoms with Gasteiger partial charge in [0.25, 0.3) is 5.91 Å². The molecule has 0 radical (unpaired) electrons. The summed E-state index contributed by atoms with van der Waals surface area (Å²) in [5.74, 6) is -1.35. The highest BCUT2D eigenvalue weighted by Crippen LogP contribution is 2.38. The van der Waals surface area contributed by atoms with Crippen LogP contribution < -0.4 is 15.4 Å². The van der Waals surface area contributed by atoms with Crippen LogP contribution in [-0.2, 0) is 11.2 Å². The fourth-order valence-electron chi connectivity index (χ4n) is 6.00. The predicted molar refractivity (Wildman–Crippen MR) is 154 cm³/mol. The van der Waals surface area contributed by atoms with Crippen molar-refractivity contribution in [2.45, 2.75) is 32.2 Å². The number of hydrogen-bond donors (Lipinski definition) is 1. The molecule has 3 amide bonds. The Hall–Kier alpha value is -5.32. The van der Waals surface area contributed by atoms with Gasteiger partial charge in [-0.15, -0.1) is 0 Å². The fourth-order valence-corrected chi connectivity index (χ4v) is 6.00. The molecule has 1 aromatic heterocycles. The zero-order valence-electron chi connectivity index (χ0n) is 23.0. The molecule has 2 fully saturated rings. The molecule has 1 atom stereocenters. The summed E-state index contributed by atoms with van der Waals surface area (Å²) in [6.45, 7) is 2.28. The van der Waals surface area contributed by atoms with Gasteiger partial charge < -0.3 is 15.4 Å². The van der Waals surface area contributed by atoms with Crippen molar-refractivity contribution in [3.8, 4) is 17.2 Å². The number of carbonyl (C=O) groups is 3. The third-order valence-corrected chi connectivity index (χ3v) is 8.16. The van der Waals surface area contributed by atoms with Gasteiger partial charge >= 0.3 is 6.03 Å². The molecular formula is C32H25F2N5O4. The van der Waals surface area contributed by atoms with Gasteiger partial charge in [-0.25, -0.2) is 23.2 Å². The number of nitrogen functional groups attached to an aromatic ring is 1. The predicted octanol–water partition coefficient (Wildman–Crippen LogP) is 5.59. The Bertz CT molecular complexity index is 1880. The maximum Gasteiger partial charge on any atom is 0.332 e. The zero-order chi connectivity index (χ0) is 30.0. The molecular weight excluding hydrogens is 556 g/mol. The van der Waals surface area contributed by atoms with E-state index in [9.17, 15) is 18.8 Å². The van der Waals surface area contributed by atoms with E-state index in [1.165, 1.54) is 40.0 Å². The number of halogens is 2. The molecule has 0 bridgehead atoms. The normalized spacial score (nSPS) is 17.4. The van der Waals surface area contributed by atoms with Crippen LogP contribution in [0.15, 0.2) is 66.4 Å². The molecule has 11 heteroatoms. The van der Waals surface area contributed by atoms with Gasteiger partial charge in [-0.1, -0.05) is 12.1 Å². The van der Waals surface area contributed by atoms with E-state index < -0.39 is 29.6 Å². The standard InChI is InChI=1S/C32H25F2N5O4/c1-17-11-21(43-28-7-3-2-5-23(28)33)8-9-25(17)39-30(35)22(16-36-39)29(40)20-12-18-14-24(34)27(15-19(18)13-20)38-31(41)26-6-4-10-37(26)32(38)42/h2-3,5,7-9,11-12,14-16,26H,4,6,10,13,35H2,1H3/t26-/m0/s1. The summed E-state index contributed by atoms with van der Waals surface area (Å²) in [6.07, 6.45) is 4.45. The number of ether oxygens (including phenoxy) is 1. The second-order valence-electron chi connectivity index (χ2n) is 10.8. The van der Waals surface area contributed by atoms with Crippen molar-refractivity contribution in [1.82, 2.24) is 14.7 Å². The van der Waals surface area contributed by atoms with Crippen LogP contribution in [-0.4, -0.2) is 45.0 Å². The van der Waals surface area contributed by atoms with Gasteiger partial charge in [0.1, 0.15) is 23.4 Å². The SMILES string of the molecule is Cc1cc(Oc2ccccc2F)ccc1-n1ncc(C(=O)C2=Cc3cc(F)c(N4C(=O)[C@@H]5CCCN5C4=O)cc3C2)c1N. The molecule has 0 spiro atoms. The minimum atomic E-state index is -0.711. The Balaban J connectivity index is 1.11.